The lowest BCUT2D eigenvalue weighted by molar-refractivity contribution is 1.02. The van der Waals surface area contributed by atoms with Crippen molar-refractivity contribution in [1.82, 2.24) is 19.1 Å². The van der Waals surface area contributed by atoms with Crippen LogP contribution >= 0.6 is 0 Å². The van der Waals surface area contributed by atoms with E-state index < -0.39 is 0 Å². The number of para-hydroxylation sites is 3. The van der Waals surface area contributed by atoms with Crippen LogP contribution in [0.15, 0.2) is 182 Å². The van der Waals surface area contributed by atoms with E-state index in [4.69, 9.17) is 9.97 Å². The van der Waals surface area contributed by atoms with E-state index in [-0.39, 0.29) is 0 Å². The second-order valence-electron chi connectivity index (χ2n) is 13.4. The Kier molecular flexibility index (Phi) is 6.22. The Hall–Kier alpha value is -7.04. The molecule has 52 heavy (non-hydrogen) atoms. The highest BCUT2D eigenvalue weighted by Gasteiger charge is 2.20. The minimum absolute atomic E-state index is 0.664. The summed E-state index contributed by atoms with van der Waals surface area (Å²) >= 11 is 0. The van der Waals surface area contributed by atoms with Crippen LogP contribution < -0.4 is 0 Å². The second-order valence-corrected chi connectivity index (χ2v) is 13.4. The van der Waals surface area contributed by atoms with Crippen molar-refractivity contribution in [3.8, 4) is 34.0 Å². The Morgan fingerprint density at radius 1 is 0.346 bits per heavy atom. The van der Waals surface area contributed by atoms with Gasteiger partial charge in [-0.25, -0.2) is 9.97 Å². The first-order chi connectivity index (χ1) is 25.8. The van der Waals surface area contributed by atoms with Gasteiger partial charge in [-0.3, -0.25) is 4.57 Å². The number of nitrogens with zero attached hydrogens (tertiary/aromatic N) is 4. The molecule has 11 aromatic rings. The van der Waals surface area contributed by atoms with Crippen LogP contribution in [-0.2, 0) is 0 Å². The highest BCUT2D eigenvalue weighted by atomic mass is 15.2. The smallest absolute Gasteiger partial charge is 0.235 e. The van der Waals surface area contributed by atoms with E-state index in [1.54, 1.807) is 0 Å². The van der Waals surface area contributed by atoms with Gasteiger partial charge in [0, 0.05) is 43.6 Å². The third-order valence-electron chi connectivity index (χ3n) is 10.5. The average molecular weight is 663 g/mol. The number of hydrogen-bond acceptors (Lipinski definition) is 2. The average Bonchev–Trinajstić information content (AvgIpc) is 3.73. The SMILES string of the molecule is c1ccc(-c2nc(-n3c4ccc(-c5ccc6c(c5)c5ccccc5n6-c5ccccc5)cc4c4ccc5ccccc5c43)nc3ccccc23)cc1. The molecule has 0 saturated heterocycles. The van der Waals surface area contributed by atoms with Crippen molar-refractivity contribution in [3.63, 3.8) is 0 Å². The fraction of sp³-hybridized carbons (Fsp3) is 0. The number of rotatable bonds is 4. The molecule has 4 heteroatoms. The van der Waals surface area contributed by atoms with E-state index in [9.17, 15) is 0 Å². The van der Waals surface area contributed by atoms with Gasteiger partial charge in [-0.2, -0.15) is 0 Å². The van der Waals surface area contributed by atoms with E-state index in [0.29, 0.717) is 5.95 Å². The molecule has 242 valence electrons. The molecule has 4 nitrogen and oxygen atoms in total. The van der Waals surface area contributed by atoms with E-state index in [0.717, 1.165) is 38.9 Å². The molecule has 0 spiro atoms. The maximum Gasteiger partial charge on any atom is 0.235 e. The predicted octanol–water partition coefficient (Wildman–Crippen LogP) is 12.3. The van der Waals surface area contributed by atoms with Crippen molar-refractivity contribution in [2.24, 2.45) is 0 Å². The van der Waals surface area contributed by atoms with E-state index >= 15 is 0 Å². The molecule has 0 unspecified atom stereocenters. The Morgan fingerprint density at radius 2 is 0.942 bits per heavy atom. The van der Waals surface area contributed by atoms with Crippen LogP contribution in [-0.4, -0.2) is 19.1 Å². The minimum Gasteiger partial charge on any atom is -0.309 e. The Morgan fingerprint density at radius 3 is 1.73 bits per heavy atom. The van der Waals surface area contributed by atoms with Crippen LogP contribution in [0.2, 0.25) is 0 Å². The maximum atomic E-state index is 5.34. The molecule has 3 aromatic heterocycles. The molecule has 0 N–H and O–H groups in total. The zero-order valence-electron chi connectivity index (χ0n) is 28.1. The molecule has 0 amide bonds. The van der Waals surface area contributed by atoms with Crippen LogP contribution in [0.5, 0.6) is 0 Å². The summed E-state index contributed by atoms with van der Waals surface area (Å²) < 4.78 is 4.63. The van der Waals surface area contributed by atoms with Gasteiger partial charge in [-0.1, -0.05) is 133 Å². The van der Waals surface area contributed by atoms with Gasteiger partial charge in [0.2, 0.25) is 5.95 Å². The first kappa shape index (κ1) is 28.8. The Labute approximate surface area is 299 Å². The summed E-state index contributed by atoms with van der Waals surface area (Å²) in [6.07, 6.45) is 0. The lowest BCUT2D eigenvalue weighted by atomic mass is 10.00. The largest absolute Gasteiger partial charge is 0.309 e. The molecule has 0 aliphatic rings. The van der Waals surface area contributed by atoms with E-state index in [1.807, 2.05) is 6.07 Å². The standard InChI is InChI=1S/C48H30N4/c1-3-14-32(15-4-1)46-39-20-9-11-21-42(39)49-48(50-46)52-45-28-25-34(30-41(45)38-26-23-31-13-7-8-18-36(31)47(38)52)33-24-27-44-40(29-33)37-19-10-12-22-43(37)51(44)35-16-5-2-6-17-35/h1-30H. The molecular formula is C48H30N4. The molecule has 0 atom stereocenters. The van der Waals surface area contributed by atoms with Crippen molar-refractivity contribution >= 4 is 65.3 Å². The topological polar surface area (TPSA) is 35.6 Å². The van der Waals surface area contributed by atoms with Gasteiger partial charge in [0.15, 0.2) is 0 Å². The maximum absolute atomic E-state index is 5.34. The first-order valence-electron chi connectivity index (χ1n) is 17.7. The molecular weight excluding hydrogens is 633 g/mol. The van der Waals surface area contributed by atoms with Crippen molar-refractivity contribution in [2.45, 2.75) is 0 Å². The van der Waals surface area contributed by atoms with Crippen molar-refractivity contribution in [3.05, 3.63) is 182 Å². The quantitative estimate of drug-likeness (QED) is 0.188. The third kappa shape index (κ3) is 4.28. The van der Waals surface area contributed by atoms with Gasteiger partial charge >= 0.3 is 0 Å². The summed E-state index contributed by atoms with van der Waals surface area (Å²) in [5.41, 5.74) is 11.0. The third-order valence-corrected chi connectivity index (χ3v) is 10.5. The normalized spacial score (nSPS) is 11.8. The van der Waals surface area contributed by atoms with E-state index in [1.165, 1.54) is 54.5 Å². The van der Waals surface area contributed by atoms with Gasteiger partial charge in [0.25, 0.3) is 0 Å². The molecule has 0 fully saturated rings. The minimum atomic E-state index is 0.664. The van der Waals surface area contributed by atoms with Crippen LogP contribution in [0.25, 0.3) is 99.3 Å². The molecule has 0 saturated carbocycles. The highest BCUT2D eigenvalue weighted by molar-refractivity contribution is 6.19. The molecule has 3 heterocycles. The fourth-order valence-electron chi connectivity index (χ4n) is 8.16. The molecule has 0 aliphatic carbocycles. The van der Waals surface area contributed by atoms with Gasteiger partial charge in [0.1, 0.15) is 0 Å². The summed E-state index contributed by atoms with van der Waals surface area (Å²) in [7, 11) is 0. The van der Waals surface area contributed by atoms with Gasteiger partial charge in [0.05, 0.1) is 33.3 Å². The van der Waals surface area contributed by atoms with Gasteiger partial charge in [-0.05, 0) is 65.0 Å². The Bertz CT molecular complexity index is 3170. The fourth-order valence-corrected chi connectivity index (χ4v) is 8.16. The van der Waals surface area contributed by atoms with Crippen molar-refractivity contribution in [1.29, 1.82) is 0 Å². The number of aromatic nitrogens is 4. The number of fused-ring (bicyclic) bond motifs is 9. The van der Waals surface area contributed by atoms with Crippen LogP contribution in [0.4, 0.5) is 0 Å². The highest BCUT2D eigenvalue weighted by Crippen LogP contribution is 2.40. The molecule has 11 rings (SSSR count). The van der Waals surface area contributed by atoms with Crippen LogP contribution in [0.1, 0.15) is 0 Å². The summed E-state index contributed by atoms with van der Waals surface area (Å²) in [5, 5.41) is 8.22. The molecule has 0 radical (unpaired) electrons. The van der Waals surface area contributed by atoms with Crippen molar-refractivity contribution in [2.75, 3.05) is 0 Å². The summed E-state index contributed by atoms with van der Waals surface area (Å²) in [6, 6.07) is 64.9. The monoisotopic (exact) mass is 662 g/mol. The van der Waals surface area contributed by atoms with Crippen molar-refractivity contribution < 1.29 is 0 Å². The van der Waals surface area contributed by atoms with Gasteiger partial charge in [-0.15, -0.1) is 0 Å². The molecule has 0 bridgehead atoms. The van der Waals surface area contributed by atoms with E-state index in [2.05, 4.69) is 185 Å². The Balaban J connectivity index is 1.17. The predicted molar refractivity (Wildman–Crippen MR) is 217 cm³/mol. The summed E-state index contributed by atoms with van der Waals surface area (Å²) in [5.74, 6) is 0.664. The zero-order chi connectivity index (χ0) is 34.2. The lowest BCUT2D eigenvalue weighted by Gasteiger charge is -2.12. The second kappa shape index (κ2) is 11.2. The molecule has 8 aromatic carbocycles. The zero-order valence-corrected chi connectivity index (χ0v) is 28.1. The number of hydrogen-bond donors (Lipinski definition) is 0. The van der Waals surface area contributed by atoms with Crippen LogP contribution in [0, 0.1) is 0 Å². The lowest BCUT2D eigenvalue weighted by Crippen LogP contribution is -2.03. The summed E-state index contributed by atoms with van der Waals surface area (Å²) in [6.45, 7) is 0. The molecule has 0 aliphatic heterocycles. The van der Waals surface area contributed by atoms with Gasteiger partial charge < -0.3 is 4.57 Å². The van der Waals surface area contributed by atoms with Crippen LogP contribution in [0.3, 0.4) is 0 Å². The summed E-state index contributed by atoms with van der Waals surface area (Å²) in [4.78, 5) is 10.6. The number of benzene rings is 8. The first-order valence-corrected chi connectivity index (χ1v) is 17.7.